The zero-order valence-corrected chi connectivity index (χ0v) is 18.1. The number of thiazole rings is 1. The SMILES string of the molecule is COc1cccc2sc(NC(=O)Cn3cnc4scc(-c5cccs5)c4c3=O)nc12. The molecule has 1 N–H and O–H groups in total. The first-order chi connectivity index (χ1) is 14.6. The molecule has 1 aromatic carbocycles. The molecule has 1 amide bonds. The van der Waals surface area contributed by atoms with Crippen molar-refractivity contribution >= 4 is 65.5 Å². The summed E-state index contributed by atoms with van der Waals surface area (Å²) < 4.78 is 7.55. The molecular weight excluding hydrogens is 440 g/mol. The number of carbonyl (C=O) groups is 1. The van der Waals surface area contributed by atoms with Crippen LogP contribution < -0.4 is 15.6 Å². The molecule has 0 fully saturated rings. The van der Waals surface area contributed by atoms with Crippen LogP contribution in [0.3, 0.4) is 0 Å². The highest BCUT2D eigenvalue weighted by atomic mass is 32.1. The van der Waals surface area contributed by atoms with Crippen LogP contribution in [0.1, 0.15) is 0 Å². The van der Waals surface area contributed by atoms with E-state index in [-0.39, 0.29) is 18.0 Å². The molecule has 0 aliphatic heterocycles. The fraction of sp³-hybridized carbons (Fsp3) is 0.100. The quantitative estimate of drug-likeness (QED) is 0.424. The third-order valence-corrected chi connectivity index (χ3v) is 7.24. The van der Waals surface area contributed by atoms with E-state index >= 15 is 0 Å². The lowest BCUT2D eigenvalue weighted by molar-refractivity contribution is -0.116. The van der Waals surface area contributed by atoms with E-state index in [0.717, 1.165) is 15.1 Å². The minimum absolute atomic E-state index is 0.144. The van der Waals surface area contributed by atoms with Crippen molar-refractivity contribution in [2.45, 2.75) is 6.54 Å². The first-order valence-corrected chi connectivity index (χ1v) is 11.5. The highest BCUT2D eigenvalue weighted by Crippen LogP contribution is 2.34. The summed E-state index contributed by atoms with van der Waals surface area (Å²) in [5.41, 5.74) is 1.32. The predicted molar refractivity (Wildman–Crippen MR) is 122 cm³/mol. The van der Waals surface area contributed by atoms with Crippen LogP contribution >= 0.6 is 34.0 Å². The third-order valence-electron chi connectivity index (χ3n) is 4.51. The number of hydrogen-bond acceptors (Lipinski definition) is 8. The Morgan fingerprint density at radius 2 is 2.13 bits per heavy atom. The van der Waals surface area contributed by atoms with Crippen molar-refractivity contribution in [2.24, 2.45) is 0 Å². The molecule has 0 aliphatic carbocycles. The number of nitrogens with zero attached hydrogens (tertiary/aromatic N) is 3. The minimum Gasteiger partial charge on any atom is -0.494 e. The number of hydrogen-bond donors (Lipinski definition) is 1. The molecule has 0 saturated carbocycles. The number of thiophene rings is 2. The number of para-hydroxylation sites is 1. The normalized spacial score (nSPS) is 11.2. The van der Waals surface area contributed by atoms with Crippen LogP contribution in [-0.4, -0.2) is 27.6 Å². The number of amides is 1. The minimum atomic E-state index is -0.343. The number of ether oxygens (including phenoxy) is 1. The molecule has 0 radical (unpaired) electrons. The van der Waals surface area contributed by atoms with Gasteiger partial charge in [-0.3, -0.25) is 14.2 Å². The van der Waals surface area contributed by atoms with E-state index < -0.39 is 0 Å². The third kappa shape index (κ3) is 3.28. The molecule has 0 spiro atoms. The summed E-state index contributed by atoms with van der Waals surface area (Å²) in [5, 5.41) is 7.67. The number of nitrogens with one attached hydrogen (secondary N) is 1. The fourth-order valence-corrected chi connectivity index (χ4v) is 5.77. The van der Waals surface area contributed by atoms with Gasteiger partial charge >= 0.3 is 0 Å². The Balaban J connectivity index is 1.43. The van der Waals surface area contributed by atoms with E-state index in [0.29, 0.717) is 26.6 Å². The number of carbonyl (C=O) groups excluding carboxylic acids is 1. The lowest BCUT2D eigenvalue weighted by Crippen LogP contribution is -2.27. The van der Waals surface area contributed by atoms with E-state index in [4.69, 9.17) is 4.74 Å². The van der Waals surface area contributed by atoms with Crippen LogP contribution in [0.5, 0.6) is 5.75 Å². The van der Waals surface area contributed by atoms with Crippen LogP contribution in [0.4, 0.5) is 5.13 Å². The maximum absolute atomic E-state index is 13.0. The molecule has 0 bridgehead atoms. The summed E-state index contributed by atoms with van der Waals surface area (Å²) in [6, 6.07) is 9.52. The van der Waals surface area contributed by atoms with Gasteiger partial charge in [-0.15, -0.1) is 22.7 Å². The lowest BCUT2D eigenvalue weighted by Gasteiger charge is -2.05. The second-order valence-electron chi connectivity index (χ2n) is 6.36. The molecule has 0 saturated heterocycles. The maximum Gasteiger partial charge on any atom is 0.263 e. The average molecular weight is 455 g/mol. The number of methoxy groups -OCH3 is 1. The summed E-state index contributed by atoms with van der Waals surface area (Å²) in [4.78, 5) is 36.1. The average Bonchev–Trinajstić information content (AvgIpc) is 3.48. The summed E-state index contributed by atoms with van der Waals surface area (Å²) in [5.74, 6) is 0.304. The molecule has 30 heavy (non-hydrogen) atoms. The summed E-state index contributed by atoms with van der Waals surface area (Å²) in [6.07, 6.45) is 1.42. The standard InChI is InChI=1S/C20H14N4O3S3/c1-27-12-4-2-5-14-17(12)23-20(30-14)22-15(25)8-24-10-21-18-16(19(24)26)11(9-29-18)13-6-3-7-28-13/h2-7,9-10H,8H2,1H3,(H,22,23,25). The van der Waals surface area contributed by atoms with Crippen molar-refractivity contribution in [2.75, 3.05) is 12.4 Å². The second-order valence-corrected chi connectivity index (χ2v) is 9.20. The molecule has 7 nitrogen and oxygen atoms in total. The number of benzene rings is 1. The van der Waals surface area contributed by atoms with Crippen LogP contribution in [0, 0.1) is 0 Å². The van der Waals surface area contributed by atoms with Crippen molar-refractivity contribution in [3.8, 4) is 16.2 Å². The number of anilines is 1. The Kier molecular flexibility index (Phi) is 4.81. The molecule has 0 aliphatic rings. The summed E-state index contributed by atoms with van der Waals surface area (Å²) in [6.45, 7) is -0.144. The Morgan fingerprint density at radius 3 is 2.93 bits per heavy atom. The smallest absolute Gasteiger partial charge is 0.263 e. The van der Waals surface area contributed by atoms with E-state index in [9.17, 15) is 9.59 Å². The van der Waals surface area contributed by atoms with Gasteiger partial charge in [-0.2, -0.15) is 0 Å². The predicted octanol–water partition coefficient (Wildman–Crippen LogP) is 4.44. The largest absolute Gasteiger partial charge is 0.494 e. The number of rotatable bonds is 5. The van der Waals surface area contributed by atoms with E-state index in [1.165, 1.54) is 33.6 Å². The van der Waals surface area contributed by atoms with Gasteiger partial charge in [0.25, 0.3) is 5.56 Å². The zero-order chi connectivity index (χ0) is 20.7. The first kappa shape index (κ1) is 18.9. The Morgan fingerprint density at radius 1 is 1.23 bits per heavy atom. The van der Waals surface area contributed by atoms with Crippen molar-refractivity contribution < 1.29 is 9.53 Å². The van der Waals surface area contributed by atoms with Crippen molar-refractivity contribution in [1.29, 1.82) is 0 Å². The first-order valence-electron chi connectivity index (χ1n) is 8.88. The Labute approximate surface area is 182 Å². The number of aromatic nitrogens is 3. The van der Waals surface area contributed by atoms with Gasteiger partial charge in [-0.1, -0.05) is 23.5 Å². The number of fused-ring (bicyclic) bond motifs is 2. The summed E-state index contributed by atoms with van der Waals surface area (Å²) >= 11 is 4.34. The molecule has 150 valence electrons. The van der Waals surface area contributed by atoms with Gasteiger partial charge in [-0.25, -0.2) is 9.97 Å². The Bertz CT molecular complexity index is 1430. The topological polar surface area (TPSA) is 86.1 Å². The van der Waals surface area contributed by atoms with E-state index in [2.05, 4.69) is 15.3 Å². The van der Waals surface area contributed by atoms with Gasteiger partial charge in [-0.05, 0) is 23.6 Å². The Hall–Kier alpha value is -3.08. The van der Waals surface area contributed by atoms with Gasteiger partial charge in [0.1, 0.15) is 22.6 Å². The van der Waals surface area contributed by atoms with Crippen molar-refractivity contribution in [1.82, 2.24) is 14.5 Å². The molecule has 0 atom stereocenters. The lowest BCUT2D eigenvalue weighted by atomic mass is 10.2. The second kappa shape index (κ2) is 7.63. The molecule has 5 rings (SSSR count). The molecule has 5 aromatic rings. The van der Waals surface area contributed by atoms with Gasteiger partial charge in [0.15, 0.2) is 5.13 Å². The van der Waals surface area contributed by atoms with Crippen LogP contribution in [0.2, 0.25) is 0 Å². The van der Waals surface area contributed by atoms with Crippen molar-refractivity contribution in [3.63, 3.8) is 0 Å². The van der Waals surface area contributed by atoms with Gasteiger partial charge < -0.3 is 10.1 Å². The van der Waals surface area contributed by atoms with Crippen molar-refractivity contribution in [3.05, 3.63) is 57.8 Å². The molecular formula is C20H14N4O3S3. The van der Waals surface area contributed by atoms with Gasteiger partial charge in [0.2, 0.25) is 5.91 Å². The fourth-order valence-electron chi connectivity index (χ4n) is 3.15. The molecule has 4 aromatic heterocycles. The van der Waals surface area contributed by atoms with E-state index in [1.807, 2.05) is 41.1 Å². The van der Waals surface area contributed by atoms with E-state index in [1.54, 1.807) is 18.4 Å². The van der Waals surface area contributed by atoms with Crippen LogP contribution in [-0.2, 0) is 11.3 Å². The summed E-state index contributed by atoms with van der Waals surface area (Å²) in [7, 11) is 1.58. The molecule has 4 heterocycles. The zero-order valence-electron chi connectivity index (χ0n) is 15.6. The maximum atomic E-state index is 13.0. The van der Waals surface area contributed by atoms with Gasteiger partial charge in [0.05, 0.1) is 23.5 Å². The highest BCUT2D eigenvalue weighted by Gasteiger charge is 2.16. The van der Waals surface area contributed by atoms with Crippen LogP contribution in [0.25, 0.3) is 30.9 Å². The van der Waals surface area contributed by atoms with Gasteiger partial charge in [0, 0.05) is 15.8 Å². The van der Waals surface area contributed by atoms with Crippen LogP contribution in [0.15, 0.2) is 52.2 Å². The molecule has 0 unspecified atom stereocenters. The molecule has 10 heteroatoms. The monoisotopic (exact) mass is 454 g/mol. The highest BCUT2D eigenvalue weighted by molar-refractivity contribution is 7.22.